The predicted octanol–water partition coefficient (Wildman–Crippen LogP) is 0.389. The lowest BCUT2D eigenvalue weighted by molar-refractivity contribution is -0.743. The molecule has 0 aromatic carbocycles. The second kappa shape index (κ2) is 8.77. The van der Waals surface area contributed by atoms with Crippen molar-refractivity contribution >= 4 is 11.9 Å². The monoisotopic (exact) mass is 292 g/mol. The molecule has 0 aliphatic carbocycles. The van der Waals surface area contributed by atoms with Crippen LogP contribution < -0.4 is 0 Å². The average Bonchev–Trinajstić information content (AvgIpc) is 2.33. The quantitative estimate of drug-likeness (QED) is 0.195. The van der Waals surface area contributed by atoms with E-state index >= 15 is 0 Å². The molecule has 0 radical (unpaired) electrons. The molecule has 10 nitrogen and oxygen atoms in total. The molecule has 0 rings (SSSR count). The number of nitrogens with zero attached hydrogens (tertiary/aromatic N) is 2. The number of hydrogen-bond acceptors (Lipinski definition) is 8. The van der Waals surface area contributed by atoms with Gasteiger partial charge in [0.1, 0.15) is 0 Å². The van der Waals surface area contributed by atoms with Crippen molar-refractivity contribution in [3.05, 3.63) is 20.2 Å². The minimum atomic E-state index is -2.07. The van der Waals surface area contributed by atoms with Crippen molar-refractivity contribution in [2.45, 2.75) is 32.9 Å². The second-order valence-electron chi connectivity index (χ2n) is 3.69. The van der Waals surface area contributed by atoms with Crippen molar-refractivity contribution in [2.24, 2.45) is 5.92 Å². The first-order valence-electron chi connectivity index (χ1n) is 5.95. The van der Waals surface area contributed by atoms with Crippen LogP contribution in [0.3, 0.4) is 0 Å². The Kier molecular flexibility index (Phi) is 7.78. The molecule has 10 heteroatoms. The molecule has 0 aliphatic heterocycles. The van der Waals surface area contributed by atoms with E-state index in [9.17, 15) is 29.8 Å². The largest absolute Gasteiger partial charge is 0.465 e. The van der Waals surface area contributed by atoms with E-state index in [1.165, 1.54) is 13.8 Å². The van der Waals surface area contributed by atoms with E-state index in [1.807, 2.05) is 0 Å². The van der Waals surface area contributed by atoms with Crippen molar-refractivity contribution in [2.75, 3.05) is 13.2 Å². The van der Waals surface area contributed by atoms with Crippen molar-refractivity contribution < 1.29 is 28.9 Å². The normalized spacial score (nSPS) is 10.4. The van der Waals surface area contributed by atoms with Gasteiger partial charge in [-0.3, -0.25) is 29.8 Å². The van der Waals surface area contributed by atoms with E-state index < -0.39 is 40.3 Å². The highest BCUT2D eigenvalue weighted by Crippen LogP contribution is 2.15. The number of carbonyl (C=O) groups is 2. The van der Waals surface area contributed by atoms with Gasteiger partial charge in [-0.1, -0.05) is 0 Å². The SMILES string of the molecule is CCOC(=O)C(CCC([N+](=O)[O-])[N+](=O)[O-])C(=O)OCC. The Bertz CT molecular complexity index is 351. The molecule has 0 saturated carbocycles. The van der Waals surface area contributed by atoms with E-state index in [0.717, 1.165) is 0 Å². The lowest BCUT2D eigenvalue weighted by atomic mass is 10.0. The molecule has 0 atom stereocenters. The Morgan fingerprint density at radius 2 is 1.35 bits per heavy atom. The van der Waals surface area contributed by atoms with Crippen LogP contribution in [-0.4, -0.2) is 41.2 Å². The van der Waals surface area contributed by atoms with Gasteiger partial charge in [-0.15, -0.1) is 0 Å². The van der Waals surface area contributed by atoms with E-state index in [-0.39, 0.29) is 19.6 Å². The predicted molar refractivity (Wildman–Crippen MR) is 63.8 cm³/mol. The molecule has 0 saturated heterocycles. The van der Waals surface area contributed by atoms with Crippen LogP contribution in [-0.2, 0) is 19.1 Å². The summed E-state index contributed by atoms with van der Waals surface area (Å²) in [4.78, 5) is 41.9. The van der Waals surface area contributed by atoms with Crippen LogP contribution in [0.2, 0.25) is 0 Å². The van der Waals surface area contributed by atoms with Crippen molar-refractivity contribution in [3.8, 4) is 0 Å². The molecule has 0 aliphatic rings. The summed E-state index contributed by atoms with van der Waals surface area (Å²) in [6.45, 7) is 3.08. The van der Waals surface area contributed by atoms with E-state index in [1.54, 1.807) is 0 Å². The molecule has 20 heavy (non-hydrogen) atoms. The van der Waals surface area contributed by atoms with Gasteiger partial charge in [-0.05, 0) is 20.3 Å². The summed E-state index contributed by atoms with van der Waals surface area (Å²) >= 11 is 0. The minimum absolute atomic E-state index is 0.0165. The zero-order valence-electron chi connectivity index (χ0n) is 11.1. The lowest BCUT2D eigenvalue weighted by Gasteiger charge is -2.13. The summed E-state index contributed by atoms with van der Waals surface area (Å²) < 4.78 is 9.29. The highest BCUT2D eigenvalue weighted by Gasteiger charge is 2.37. The third-order valence-corrected chi connectivity index (χ3v) is 2.34. The molecule has 0 unspecified atom stereocenters. The van der Waals surface area contributed by atoms with Gasteiger partial charge in [0.05, 0.1) is 29.5 Å². The zero-order valence-corrected chi connectivity index (χ0v) is 11.1. The maximum absolute atomic E-state index is 11.5. The molecule has 0 N–H and O–H groups in total. The van der Waals surface area contributed by atoms with Crippen molar-refractivity contribution in [3.63, 3.8) is 0 Å². The van der Waals surface area contributed by atoms with E-state index in [4.69, 9.17) is 0 Å². The highest BCUT2D eigenvalue weighted by molar-refractivity contribution is 5.94. The van der Waals surface area contributed by atoms with Crippen LogP contribution in [0.1, 0.15) is 26.7 Å². The fraction of sp³-hybridized carbons (Fsp3) is 0.800. The summed E-state index contributed by atoms with van der Waals surface area (Å²) in [6.07, 6.45) is -3.02. The van der Waals surface area contributed by atoms with Crippen LogP contribution in [0.25, 0.3) is 0 Å². The maximum Gasteiger partial charge on any atom is 0.450 e. The van der Waals surface area contributed by atoms with Crippen LogP contribution >= 0.6 is 0 Å². The van der Waals surface area contributed by atoms with Gasteiger partial charge >= 0.3 is 18.1 Å². The molecule has 0 spiro atoms. The molecule has 0 aromatic rings. The van der Waals surface area contributed by atoms with Gasteiger partial charge in [0, 0.05) is 0 Å². The maximum atomic E-state index is 11.5. The molecule has 0 bridgehead atoms. The number of ether oxygens (including phenoxy) is 2. The van der Waals surface area contributed by atoms with Crippen LogP contribution in [0.4, 0.5) is 0 Å². The molecular formula is C10H16N2O8. The van der Waals surface area contributed by atoms with Crippen LogP contribution in [0, 0.1) is 26.1 Å². The van der Waals surface area contributed by atoms with E-state index in [2.05, 4.69) is 9.47 Å². The lowest BCUT2D eigenvalue weighted by Crippen LogP contribution is -2.33. The minimum Gasteiger partial charge on any atom is -0.465 e. The van der Waals surface area contributed by atoms with Crippen LogP contribution in [0.15, 0.2) is 0 Å². The number of hydrogen-bond donors (Lipinski definition) is 0. The summed E-state index contributed by atoms with van der Waals surface area (Å²) in [7, 11) is 0. The standard InChI is InChI=1S/C10H16N2O8/c1-3-19-9(13)7(10(14)20-4-2)5-6-8(11(15)16)12(17)18/h7-8H,3-6H2,1-2H3. The number of carbonyl (C=O) groups excluding carboxylic acids is 2. The van der Waals surface area contributed by atoms with Crippen molar-refractivity contribution in [1.29, 1.82) is 0 Å². The average molecular weight is 292 g/mol. The first-order chi connectivity index (χ1) is 9.34. The van der Waals surface area contributed by atoms with Gasteiger partial charge in [-0.25, -0.2) is 0 Å². The van der Waals surface area contributed by atoms with Gasteiger partial charge < -0.3 is 9.47 Å². The van der Waals surface area contributed by atoms with Crippen LogP contribution in [0.5, 0.6) is 0 Å². The Morgan fingerprint density at radius 3 is 1.65 bits per heavy atom. The van der Waals surface area contributed by atoms with Gasteiger partial charge in [-0.2, -0.15) is 0 Å². The van der Waals surface area contributed by atoms with Crippen molar-refractivity contribution in [1.82, 2.24) is 0 Å². The summed E-state index contributed by atoms with van der Waals surface area (Å²) in [6, 6.07) is 0. The van der Waals surface area contributed by atoms with Gasteiger partial charge in [0.15, 0.2) is 5.92 Å². The van der Waals surface area contributed by atoms with Gasteiger partial charge in [0.25, 0.3) is 0 Å². The van der Waals surface area contributed by atoms with E-state index in [0.29, 0.717) is 0 Å². The fourth-order valence-corrected chi connectivity index (χ4v) is 1.42. The first kappa shape index (κ1) is 17.7. The summed E-state index contributed by atoms with van der Waals surface area (Å²) in [5.41, 5.74) is 0. The smallest absolute Gasteiger partial charge is 0.450 e. The zero-order chi connectivity index (χ0) is 15.7. The fourth-order valence-electron chi connectivity index (χ4n) is 1.42. The number of esters is 2. The summed E-state index contributed by atoms with van der Waals surface area (Å²) in [5.74, 6) is -3.20. The number of rotatable bonds is 9. The Balaban J connectivity index is 4.80. The van der Waals surface area contributed by atoms with Gasteiger partial charge in [0.2, 0.25) is 0 Å². The molecule has 114 valence electrons. The number of nitro groups is 2. The Labute approximate surface area is 114 Å². The Hall–Kier alpha value is -2.26. The highest BCUT2D eigenvalue weighted by atomic mass is 16.7. The molecular weight excluding hydrogens is 276 g/mol. The second-order valence-corrected chi connectivity index (χ2v) is 3.69. The first-order valence-corrected chi connectivity index (χ1v) is 5.95. The summed E-state index contributed by atoms with van der Waals surface area (Å²) in [5, 5.41) is 21.0. The third kappa shape index (κ3) is 5.59. The molecule has 0 heterocycles. The Morgan fingerprint density at radius 1 is 0.950 bits per heavy atom. The topological polar surface area (TPSA) is 139 Å². The molecule has 0 fully saturated rings. The molecule has 0 amide bonds. The molecule has 0 aromatic heterocycles. The third-order valence-electron chi connectivity index (χ3n) is 2.34.